The van der Waals surface area contributed by atoms with Gasteiger partial charge >= 0.3 is 0 Å². The second-order valence-electron chi connectivity index (χ2n) is 4.92. The Balaban J connectivity index is 2.03. The average Bonchev–Trinajstić information content (AvgIpc) is 2.99. The van der Waals surface area contributed by atoms with E-state index in [4.69, 9.17) is 0 Å². The predicted molar refractivity (Wildman–Crippen MR) is 83.2 cm³/mol. The van der Waals surface area contributed by atoms with Gasteiger partial charge in [0, 0.05) is 12.1 Å². The first-order valence-electron chi connectivity index (χ1n) is 6.79. The van der Waals surface area contributed by atoms with Crippen LogP contribution in [0.15, 0.2) is 30.6 Å². The molecule has 1 heterocycles. The summed E-state index contributed by atoms with van der Waals surface area (Å²) in [6, 6.07) is 9.11. The summed E-state index contributed by atoms with van der Waals surface area (Å²) in [7, 11) is 0. The number of hydrogen-bond donors (Lipinski definition) is 1. The molecule has 108 valence electrons. The molecule has 0 amide bonds. The van der Waals surface area contributed by atoms with Gasteiger partial charge in [0.2, 0.25) is 0 Å². The molecule has 0 aliphatic heterocycles. The van der Waals surface area contributed by atoms with E-state index >= 15 is 0 Å². The van der Waals surface area contributed by atoms with Crippen molar-refractivity contribution in [3.8, 4) is 5.69 Å². The lowest BCUT2D eigenvalue weighted by Crippen LogP contribution is -2.29. The Bertz CT molecular complexity index is 514. The van der Waals surface area contributed by atoms with Crippen LogP contribution in [0.4, 0.5) is 0 Å². The lowest BCUT2D eigenvalue weighted by molar-refractivity contribution is 0.471. The molecule has 2 unspecified atom stereocenters. The molecular formula is C14H21N5S. The highest BCUT2D eigenvalue weighted by atomic mass is 32.2. The van der Waals surface area contributed by atoms with E-state index in [1.807, 2.05) is 23.9 Å². The largest absolute Gasteiger partial charge is 0.308 e. The molecule has 1 aromatic heterocycles. The van der Waals surface area contributed by atoms with Crippen LogP contribution in [0.1, 0.15) is 31.9 Å². The quantitative estimate of drug-likeness (QED) is 0.849. The average molecular weight is 291 g/mol. The number of rotatable bonds is 7. The molecule has 0 saturated carbocycles. The maximum atomic E-state index is 3.92. The first kappa shape index (κ1) is 15.0. The second-order valence-corrected chi connectivity index (χ2v) is 5.91. The smallest absolute Gasteiger partial charge is 0.143 e. The van der Waals surface area contributed by atoms with Gasteiger partial charge in [0.1, 0.15) is 6.33 Å². The standard InChI is InChI=1S/C14H21N5S/c1-11(7-8-20-3)16-12(2)13-5-4-6-14(9-13)19-10-15-17-18-19/h4-6,9-12,16H,7-8H2,1-3H3. The monoisotopic (exact) mass is 291 g/mol. The van der Waals surface area contributed by atoms with E-state index in [0.29, 0.717) is 12.1 Å². The highest BCUT2D eigenvalue weighted by molar-refractivity contribution is 7.98. The van der Waals surface area contributed by atoms with Gasteiger partial charge in [-0.25, -0.2) is 4.68 Å². The number of aromatic nitrogens is 4. The van der Waals surface area contributed by atoms with E-state index in [2.05, 4.69) is 53.1 Å². The summed E-state index contributed by atoms with van der Waals surface area (Å²) in [5.41, 5.74) is 2.23. The van der Waals surface area contributed by atoms with Crippen molar-refractivity contribution in [2.45, 2.75) is 32.4 Å². The van der Waals surface area contributed by atoms with Crippen LogP contribution in [0.5, 0.6) is 0 Å². The first-order chi connectivity index (χ1) is 9.70. The molecule has 2 aromatic rings. The zero-order valence-electron chi connectivity index (χ0n) is 12.2. The van der Waals surface area contributed by atoms with Gasteiger partial charge in [-0.3, -0.25) is 0 Å². The van der Waals surface area contributed by atoms with E-state index < -0.39 is 0 Å². The molecule has 0 fully saturated rings. The van der Waals surface area contributed by atoms with Crippen molar-refractivity contribution in [1.29, 1.82) is 0 Å². The van der Waals surface area contributed by atoms with Crippen LogP contribution in [-0.2, 0) is 0 Å². The Kier molecular flexibility index (Phi) is 5.55. The Labute approximate surface area is 124 Å². The highest BCUT2D eigenvalue weighted by Gasteiger charge is 2.10. The summed E-state index contributed by atoms with van der Waals surface area (Å²) in [6.07, 6.45) is 4.93. The summed E-state index contributed by atoms with van der Waals surface area (Å²) < 4.78 is 1.67. The second kappa shape index (κ2) is 7.40. The fourth-order valence-corrected chi connectivity index (χ4v) is 2.71. The van der Waals surface area contributed by atoms with Crippen molar-refractivity contribution in [2.24, 2.45) is 0 Å². The maximum absolute atomic E-state index is 3.92. The summed E-state index contributed by atoms with van der Waals surface area (Å²) in [4.78, 5) is 0. The number of thioether (sulfide) groups is 1. The molecule has 20 heavy (non-hydrogen) atoms. The van der Waals surface area contributed by atoms with E-state index in [1.165, 1.54) is 17.7 Å². The van der Waals surface area contributed by atoms with Crippen molar-refractivity contribution in [3.63, 3.8) is 0 Å². The van der Waals surface area contributed by atoms with Gasteiger partial charge in [-0.1, -0.05) is 12.1 Å². The van der Waals surface area contributed by atoms with Crippen molar-refractivity contribution in [1.82, 2.24) is 25.5 Å². The summed E-state index contributed by atoms with van der Waals surface area (Å²) in [5.74, 6) is 1.19. The zero-order valence-corrected chi connectivity index (χ0v) is 13.0. The molecule has 0 spiro atoms. The van der Waals surface area contributed by atoms with Crippen molar-refractivity contribution in [3.05, 3.63) is 36.2 Å². The minimum atomic E-state index is 0.309. The first-order valence-corrected chi connectivity index (χ1v) is 8.18. The van der Waals surface area contributed by atoms with Crippen LogP contribution in [-0.4, -0.2) is 38.3 Å². The fraction of sp³-hybridized carbons (Fsp3) is 0.500. The predicted octanol–water partition coefficient (Wildman–Crippen LogP) is 2.45. The summed E-state index contributed by atoms with van der Waals surface area (Å²) in [6.45, 7) is 4.42. The van der Waals surface area contributed by atoms with Crippen molar-refractivity contribution >= 4 is 11.8 Å². The third kappa shape index (κ3) is 4.05. The molecule has 0 radical (unpaired) electrons. The fourth-order valence-electron chi connectivity index (χ4n) is 2.12. The van der Waals surface area contributed by atoms with Crippen LogP contribution >= 0.6 is 11.8 Å². The van der Waals surface area contributed by atoms with Gasteiger partial charge in [-0.15, -0.1) is 5.10 Å². The van der Waals surface area contributed by atoms with Crippen LogP contribution in [0, 0.1) is 0 Å². The Morgan fingerprint density at radius 1 is 1.35 bits per heavy atom. The highest BCUT2D eigenvalue weighted by Crippen LogP contribution is 2.17. The van der Waals surface area contributed by atoms with E-state index in [1.54, 1.807) is 11.0 Å². The number of nitrogens with zero attached hydrogens (tertiary/aromatic N) is 4. The molecule has 6 heteroatoms. The minimum Gasteiger partial charge on any atom is -0.308 e. The zero-order chi connectivity index (χ0) is 14.4. The van der Waals surface area contributed by atoms with Gasteiger partial charge in [-0.05, 0) is 60.4 Å². The molecule has 0 aliphatic rings. The van der Waals surface area contributed by atoms with Crippen LogP contribution in [0.3, 0.4) is 0 Å². The molecular weight excluding hydrogens is 270 g/mol. The maximum Gasteiger partial charge on any atom is 0.143 e. The molecule has 5 nitrogen and oxygen atoms in total. The van der Waals surface area contributed by atoms with Crippen LogP contribution < -0.4 is 5.32 Å². The molecule has 2 atom stereocenters. The van der Waals surface area contributed by atoms with Crippen molar-refractivity contribution in [2.75, 3.05) is 12.0 Å². The summed E-state index contributed by atoms with van der Waals surface area (Å²) in [5, 5.41) is 14.9. The number of hydrogen-bond acceptors (Lipinski definition) is 5. The van der Waals surface area contributed by atoms with Gasteiger partial charge in [0.05, 0.1) is 5.69 Å². The Morgan fingerprint density at radius 2 is 2.20 bits per heavy atom. The number of tetrazole rings is 1. The van der Waals surface area contributed by atoms with Gasteiger partial charge < -0.3 is 5.32 Å². The molecule has 1 aromatic carbocycles. The Hall–Kier alpha value is -1.40. The van der Waals surface area contributed by atoms with Crippen LogP contribution in [0.25, 0.3) is 5.69 Å². The van der Waals surface area contributed by atoms with Gasteiger partial charge in [0.25, 0.3) is 0 Å². The molecule has 0 bridgehead atoms. The minimum absolute atomic E-state index is 0.309. The molecule has 0 aliphatic carbocycles. The molecule has 1 N–H and O–H groups in total. The molecule has 2 rings (SSSR count). The molecule has 0 saturated heterocycles. The third-order valence-electron chi connectivity index (χ3n) is 3.27. The van der Waals surface area contributed by atoms with Gasteiger partial charge in [-0.2, -0.15) is 11.8 Å². The number of benzene rings is 1. The van der Waals surface area contributed by atoms with E-state index in [9.17, 15) is 0 Å². The van der Waals surface area contributed by atoms with Gasteiger partial charge in [0.15, 0.2) is 0 Å². The van der Waals surface area contributed by atoms with Crippen molar-refractivity contribution < 1.29 is 0 Å². The summed E-state index contributed by atoms with van der Waals surface area (Å²) >= 11 is 1.89. The van der Waals surface area contributed by atoms with E-state index in [0.717, 1.165) is 5.69 Å². The Morgan fingerprint density at radius 3 is 2.90 bits per heavy atom. The topological polar surface area (TPSA) is 55.6 Å². The lowest BCUT2D eigenvalue weighted by Gasteiger charge is -2.20. The number of nitrogens with one attached hydrogen (secondary N) is 1. The lowest BCUT2D eigenvalue weighted by atomic mass is 10.1. The third-order valence-corrected chi connectivity index (χ3v) is 3.92. The normalized spacial score (nSPS) is 14.2. The van der Waals surface area contributed by atoms with E-state index in [-0.39, 0.29) is 0 Å². The van der Waals surface area contributed by atoms with Crippen LogP contribution in [0.2, 0.25) is 0 Å². The SMILES string of the molecule is CSCCC(C)NC(C)c1cccc(-n2cnnn2)c1.